The molecule has 0 radical (unpaired) electrons. The number of hydrogen-bond acceptors (Lipinski definition) is 8. The Balaban J connectivity index is 1.40. The van der Waals surface area contributed by atoms with E-state index in [1.165, 1.54) is 17.0 Å². The number of alkyl halides is 3. The van der Waals surface area contributed by atoms with Gasteiger partial charge in [0.2, 0.25) is 29.3 Å². The molecule has 3 atom stereocenters. The van der Waals surface area contributed by atoms with Gasteiger partial charge in [-0.05, 0) is 41.9 Å². The molecule has 3 amide bonds. The molecule has 11 nitrogen and oxygen atoms in total. The summed E-state index contributed by atoms with van der Waals surface area (Å²) in [6.45, 7) is 7.27. The molecule has 1 saturated heterocycles. The maximum absolute atomic E-state index is 13.6. The number of nitrogens with zero attached hydrogens (tertiary/aromatic N) is 3. The summed E-state index contributed by atoms with van der Waals surface area (Å²) in [5.74, 6) is -2.77. The molecule has 14 heteroatoms. The Bertz CT molecular complexity index is 1560. The van der Waals surface area contributed by atoms with Crippen molar-refractivity contribution < 1.29 is 41.6 Å². The number of halogens is 3. The fourth-order valence-corrected chi connectivity index (χ4v) is 5.27. The average Bonchev–Trinajstić information content (AvgIpc) is 3.71. The van der Waals surface area contributed by atoms with E-state index in [1.54, 1.807) is 39.8 Å². The van der Waals surface area contributed by atoms with Gasteiger partial charge in [0.1, 0.15) is 18.7 Å². The van der Waals surface area contributed by atoms with Crippen molar-refractivity contribution >= 4 is 23.7 Å². The van der Waals surface area contributed by atoms with Gasteiger partial charge in [0.25, 0.3) is 0 Å². The molecule has 0 spiro atoms. The fourth-order valence-electron chi connectivity index (χ4n) is 5.27. The zero-order valence-electron chi connectivity index (χ0n) is 26.5. The summed E-state index contributed by atoms with van der Waals surface area (Å²) in [7, 11) is 0. The number of hydrogen-bond donors (Lipinski definition) is 2. The van der Waals surface area contributed by atoms with E-state index >= 15 is 0 Å². The first-order valence-electron chi connectivity index (χ1n) is 15.4. The number of Topliss-reactive ketones (excluding diaryl/α,β-unsaturated/α-hetero) is 1. The molecule has 252 valence electrons. The molecule has 1 aliphatic heterocycles. The standard InChI is InChI=1S/C33H38F3N5O6/c1-19(2)26(28(42)29-37-25(47-40-29)17-22-12-8-13-23(16-22)33(34,35)36)38-30(43)24-14-9-15-41(24)31(44)27(20(3)4)39-32(45)46-18-21-10-6-5-7-11-21/h5-8,10-13,16,19-20,24,26-27H,9,14-15,17-18H2,1-4H3,(H,38,43)(H,39,45)/t24?,26-,27-/m0/s1. The molecule has 0 aliphatic carbocycles. The van der Waals surface area contributed by atoms with Crippen molar-refractivity contribution in [3.05, 3.63) is 83.0 Å². The topological polar surface area (TPSA) is 144 Å². The Morgan fingerprint density at radius 3 is 2.30 bits per heavy atom. The van der Waals surface area contributed by atoms with Crippen LogP contribution in [0, 0.1) is 11.8 Å². The van der Waals surface area contributed by atoms with Crippen LogP contribution >= 0.6 is 0 Å². The number of ether oxygens (including phenoxy) is 1. The van der Waals surface area contributed by atoms with Crippen LogP contribution in [-0.4, -0.2) is 63.4 Å². The van der Waals surface area contributed by atoms with Crippen molar-refractivity contribution in [2.75, 3.05) is 6.54 Å². The normalized spacial score (nSPS) is 16.2. The highest BCUT2D eigenvalue weighted by Gasteiger charge is 2.40. The zero-order chi connectivity index (χ0) is 34.3. The molecule has 4 rings (SSSR count). The first kappa shape index (κ1) is 35.1. The summed E-state index contributed by atoms with van der Waals surface area (Å²) in [5, 5.41) is 9.08. The van der Waals surface area contributed by atoms with E-state index in [9.17, 15) is 32.3 Å². The molecule has 2 heterocycles. The molecule has 47 heavy (non-hydrogen) atoms. The largest absolute Gasteiger partial charge is 0.445 e. The van der Waals surface area contributed by atoms with E-state index in [-0.39, 0.29) is 42.8 Å². The maximum Gasteiger partial charge on any atom is 0.416 e. The molecule has 0 saturated carbocycles. The summed E-state index contributed by atoms with van der Waals surface area (Å²) < 4.78 is 49.7. The van der Waals surface area contributed by atoms with Gasteiger partial charge >= 0.3 is 12.3 Å². The first-order valence-corrected chi connectivity index (χ1v) is 15.4. The summed E-state index contributed by atoms with van der Waals surface area (Å²) in [4.78, 5) is 58.6. The Morgan fingerprint density at radius 2 is 1.64 bits per heavy atom. The van der Waals surface area contributed by atoms with E-state index in [1.807, 2.05) is 18.2 Å². The molecule has 2 N–H and O–H groups in total. The highest BCUT2D eigenvalue weighted by molar-refractivity contribution is 6.00. The number of aromatic nitrogens is 2. The number of amides is 3. The minimum absolute atomic E-state index is 0.0260. The second-order valence-corrected chi connectivity index (χ2v) is 12.1. The first-order chi connectivity index (χ1) is 22.2. The highest BCUT2D eigenvalue weighted by Crippen LogP contribution is 2.30. The number of likely N-dealkylation sites (tertiary alicyclic amines) is 1. The van der Waals surface area contributed by atoms with Crippen LogP contribution in [0.15, 0.2) is 59.1 Å². The lowest BCUT2D eigenvalue weighted by Gasteiger charge is -2.31. The van der Waals surface area contributed by atoms with Gasteiger partial charge in [0.15, 0.2) is 0 Å². The molecule has 1 unspecified atom stereocenters. The van der Waals surface area contributed by atoms with E-state index in [2.05, 4.69) is 20.8 Å². The molecular formula is C33H38F3N5O6. The van der Waals surface area contributed by atoms with Gasteiger partial charge < -0.3 is 24.8 Å². The van der Waals surface area contributed by atoms with Gasteiger partial charge in [0.05, 0.1) is 18.0 Å². The summed E-state index contributed by atoms with van der Waals surface area (Å²) in [5.41, 5.74) is 0.223. The van der Waals surface area contributed by atoms with Gasteiger partial charge in [-0.1, -0.05) is 81.4 Å². The van der Waals surface area contributed by atoms with Crippen molar-refractivity contribution in [2.24, 2.45) is 11.8 Å². The van der Waals surface area contributed by atoms with Crippen LogP contribution in [0.5, 0.6) is 0 Å². The van der Waals surface area contributed by atoms with E-state index in [4.69, 9.17) is 9.26 Å². The van der Waals surface area contributed by atoms with E-state index < -0.39 is 59.5 Å². The number of alkyl carbamates (subject to hydrolysis) is 1. The lowest BCUT2D eigenvalue weighted by atomic mass is 9.98. The number of ketones is 1. The van der Waals surface area contributed by atoms with Crippen molar-refractivity contribution in [1.29, 1.82) is 0 Å². The predicted molar refractivity (Wildman–Crippen MR) is 163 cm³/mol. The SMILES string of the molecule is CC(C)[C@H](NC(=O)C1CCCN1C(=O)[C@@H](NC(=O)OCc1ccccc1)C(C)C)C(=O)c1noc(Cc2cccc(C(F)(F)F)c2)n1. The molecule has 0 bridgehead atoms. The Morgan fingerprint density at radius 1 is 0.957 bits per heavy atom. The van der Waals surface area contributed by atoms with Gasteiger partial charge in [-0.25, -0.2) is 4.79 Å². The number of benzene rings is 2. The number of rotatable bonds is 12. The molecule has 1 fully saturated rings. The number of carbonyl (C=O) groups is 4. The monoisotopic (exact) mass is 657 g/mol. The van der Waals surface area contributed by atoms with Crippen molar-refractivity contribution in [2.45, 2.75) is 77.9 Å². The van der Waals surface area contributed by atoms with Gasteiger partial charge in [-0.3, -0.25) is 14.4 Å². The quantitative estimate of drug-likeness (QED) is 0.261. The molecule has 3 aromatic rings. The molecular weight excluding hydrogens is 619 g/mol. The van der Waals surface area contributed by atoms with Crippen molar-refractivity contribution in [3.63, 3.8) is 0 Å². The summed E-state index contributed by atoms with van der Waals surface area (Å²) >= 11 is 0. The number of carbonyl (C=O) groups excluding carboxylic acids is 4. The van der Waals surface area contributed by atoms with Crippen LogP contribution < -0.4 is 10.6 Å². The average molecular weight is 658 g/mol. The van der Waals surface area contributed by atoms with E-state index in [0.717, 1.165) is 17.7 Å². The van der Waals surface area contributed by atoms with Crippen LogP contribution in [0.1, 0.15) is 73.7 Å². The van der Waals surface area contributed by atoms with Crippen LogP contribution in [-0.2, 0) is 33.5 Å². The molecule has 1 aliphatic rings. The van der Waals surface area contributed by atoms with Gasteiger partial charge in [-0.15, -0.1) is 0 Å². The van der Waals surface area contributed by atoms with Gasteiger partial charge in [-0.2, -0.15) is 18.2 Å². The Hall–Kier alpha value is -4.75. The third-order valence-electron chi connectivity index (χ3n) is 7.80. The summed E-state index contributed by atoms with van der Waals surface area (Å²) in [6.07, 6.45) is -4.53. The minimum Gasteiger partial charge on any atom is -0.445 e. The van der Waals surface area contributed by atoms with Crippen LogP contribution in [0.4, 0.5) is 18.0 Å². The van der Waals surface area contributed by atoms with Crippen molar-refractivity contribution in [3.8, 4) is 0 Å². The Kier molecular flexibility index (Phi) is 11.4. The second-order valence-electron chi connectivity index (χ2n) is 12.1. The highest BCUT2D eigenvalue weighted by atomic mass is 19.4. The minimum atomic E-state index is -4.52. The Labute approximate surface area is 270 Å². The predicted octanol–water partition coefficient (Wildman–Crippen LogP) is 4.94. The molecule has 2 aromatic carbocycles. The van der Waals surface area contributed by atoms with Gasteiger partial charge in [0, 0.05) is 6.54 Å². The lowest BCUT2D eigenvalue weighted by molar-refractivity contribution is -0.141. The van der Waals surface area contributed by atoms with Crippen LogP contribution in [0.3, 0.4) is 0 Å². The van der Waals surface area contributed by atoms with Crippen LogP contribution in [0.25, 0.3) is 0 Å². The van der Waals surface area contributed by atoms with E-state index in [0.29, 0.717) is 12.8 Å². The fraction of sp³-hybridized carbons (Fsp3) is 0.455. The lowest BCUT2D eigenvalue weighted by Crippen LogP contribution is -2.57. The van der Waals surface area contributed by atoms with Crippen molar-refractivity contribution in [1.82, 2.24) is 25.7 Å². The third-order valence-corrected chi connectivity index (χ3v) is 7.80. The third kappa shape index (κ3) is 9.17. The molecule has 1 aromatic heterocycles. The zero-order valence-corrected chi connectivity index (χ0v) is 26.5. The smallest absolute Gasteiger partial charge is 0.416 e. The number of nitrogens with one attached hydrogen (secondary N) is 2. The van der Waals surface area contributed by atoms with Crippen LogP contribution in [0.2, 0.25) is 0 Å². The maximum atomic E-state index is 13.6. The second kappa shape index (κ2) is 15.2. The summed E-state index contributed by atoms with van der Waals surface area (Å²) in [6, 6.07) is 10.8.